The molecule has 8 nitrogen and oxygen atoms in total. The monoisotopic (exact) mass is 446 g/mol. The minimum atomic E-state index is -0.253. The van der Waals surface area contributed by atoms with E-state index in [9.17, 15) is 4.79 Å². The van der Waals surface area contributed by atoms with Crippen LogP contribution in [0.2, 0.25) is 0 Å². The molecule has 1 amide bonds. The highest BCUT2D eigenvalue weighted by atomic mass is 35.5. The van der Waals surface area contributed by atoms with Gasteiger partial charge in [-0.1, -0.05) is 0 Å². The van der Waals surface area contributed by atoms with E-state index in [4.69, 9.17) is 19.6 Å². The Kier molecular flexibility index (Phi) is 8.84. The van der Waals surface area contributed by atoms with Gasteiger partial charge in [0.25, 0.3) is 5.89 Å². The minimum absolute atomic E-state index is 0. The molecule has 0 aliphatic heterocycles. The molecule has 0 atom stereocenters. The number of oxazole rings is 1. The predicted molar refractivity (Wildman–Crippen MR) is 121 cm³/mol. The Morgan fingerprint density at radius 1 is 1.10 bits per heavy atom. The van der Waals surface area contributed by atoms with E-state index in [1.54, 1.807) is 24.3 Å². The van der Waals surface area contributed by atoms with Crippen molar-refractivity contribution < 1.29 is 18.7 Å². The van der Waals surface area contributed by atoms with Gasteiger partial charge >= 0.3 is 5.91 Å². The number of nitrogens with two attached hydrogens (primary N) is 1. The fourth-order valence-electron chi connectivity index (χ4n) is 2.97. The maximum Gasteiger partial charge on any atom is 0.309 e. The van der Waals surface area contributed by atoms with Gasteiger partial charge in [0.1, 0.15) is 18.1 Å². The van der Waals surface area contributed by atoms with Crippen molar-refractivity contribution in [2.45, 2.75) is 13.8 Å². The highest BCUT2D eigenvalue weighted by Crippen LogP contribution is 2.34. The summed E-state index contributed by atoms with van der Waals surface area (Å²) in [5.41, 5.74) is 7.51. The van der Waals surface area contributed by atoms with Crippen LogP contribution in [0.15, 0.2) is 47.0 Å². The highest BCUT2D eigenvalue weighted by molar-refractivity contribution is 5.92. The zero-order valence-corrected chi connectivity index (χ0v) is 18.6. The normalized spacial score (nSPS) is 10.3. The van der Waals surface area contributed by atoms with E-state index in [-0.39, 0.29) is 24.2 Å². The fraction of sp³-hybridized carbons (Fsp3) is 0.318. The maximum atomic E-state index is 12.8. The van der Waals surface area contributed by atoms with Gasteiger partial charge in [-0.25, -0.2) is 9.97 Å². The van der Waals surface area contributed by atoms with Gasteiger partial charge in [0.2, 0.25) is 5.88 Å². The van der Waals surface area contributed by atoms with Gasteiger partial charge in [-0.3, -0.25) is 4.79 Å². The molecule has 2 aromatic heterocycles. The molecule has 0 aliphatic carbocycles. The van der Waals surface area contributed by atoms with Crippen molar-refractivity contribution in [3.63, 3.8) is 0 Å². The molecule has 0 fully saturated rings. The molecular weight excluding hydrogens is 420 g/mol. The molecule has 9 heteroatoms. The summed E-state index contributed by atoms with van der Waals surface area (Å²) in [5, 5.41) is 0. The molecule has 0 spiro atoms. The Morgan fingerprint density at radius 3 is 2.32 bits per heavy atom. The molecule has 3 rings (SSSR count). The molecule has 0 radical (unpaired) electrons. The van der Waals surface area contributed by atoms with Crippen LogP contribution in [0.5, 0.6) is 11.6 Å². The molecule has 0 bridgehead atoms. The number of hydrogen-bond donors (Lipinski definition) is 1. The Morgan fingerprint density at radius 2 is 1.77 bits per heavy atom. The largest absolute Gasteiger partial charge is 0.492 e. The van der Waals surface area contributed by atoms with Crippen molar-refractivity contribution >= 4 is 18.3 Å². The molecule has 2 N–H and O–H groups in total. The second-order valence-electron chi connectivity index (χ2n) is 6.42. The van der Waals surface area contributed by atoms with Crippen molar-refractivity contribution in [2.24, 2.45) is 5.73 Å². The smallest absolute Gasteiger partial charge is 0.309 e. The number of nitrogens with zero attached hydrogens (tertiary/aromatic N) is 3. The fourth-order valence-corrected chi connectivity index (χ4v) is 2.97. The van der Waals surface area contributed by atoms with Gasteiger partial charge in [0.05, 0.1) is 7.11 Å². The number of pyridine rings is 1. The Hall–Kier alpha value is -3.10. The van der Waals surface area contributed by atoms with Gasteiger partial charge in [-0.2, -0.15) is 0 Å². The van der Waals surface area contributed by atoms with Crippen LogP contribution in [0.4, 0.5) is 0 Å². The number of aromatic nitrogens is 2. The van der Waals surface area contributed by atoms with Crippen LogP contribution in [-0.4, -0.2) is 54.1 Å². The van der Waals surface area contributed by atoms with Crippen molar-refractivity contribution in [1.29, 1.82) is 0 Å². The van der Waals surface area contributed by atoms with Gasteiger partial charge in [0.15, 0.2) is 5.76 Å². The number of methoxy groups -OCH3 is 1. The zero-order chi connectivity index (χ0) is 21.5. The molecule has 2 heterocycles. The first-order valence-corrected chi connectivity index (χ1v) is 9.85. The summed E-state index contributed by atoms with van der Waals surface area (Å²) in [5.74, 6) is 1.48. The molecule has 0 unspecified atom stereocenters. The first-order chi connectivity index (χ1) is 14.6. The number of carbonyl (C=O) groups excluding carboxylic acids is 1. The van der Waals surface area contributed by atoms with Crippen LogP contribution < -0.4 is 15.2 Å². The molecule has 0 saturated carbocycles. The number of benzene rings is 1. The highest BCUT2D eigenvalue weighted by Gasteiger charge is 2.24. The number of amides is 1. The lowest BCUT2D eigenvalue weighted by Crippen LogP contribution is -2.30. The number of carbonyl (C=O) groups is 1. The maximum absolute atomic E-state index is 12.8. The molecule has 1 aromatic carbocycles. The van der Waals surface area contributed by atoms with Crippen molar-refractivity contribution in [3.8, 4) is 34.2 Å². The average Bonchev–Trinajstić information content (AvgIpc) is 3.24. The van der Waals surface area contributed by atoms with E-state index >= 15 is 0 Å². The van der Waals surface area contributed by atoms with E-state index in [0.717, 1.165) is 11.1 Å². The van der Waals surface area contributed by atoms with Crippen LogP contribution in [0.25, 0.3) is 22.6 Å². The summed E-state index contributed by atoms with van der Waals surface area (Å²) >= 11 is 0. The summed E-state index contributed by atoms with van der Waals surface area (Å²) in [4.78, 5) is 23.2. The van der Waals surface area contributed by atoms with Gasteiger partial charge in [-0.15, -0.1) is 12.4 Å². The van der Waals surface area contributed by atoms with Gasteiger partial charge in [-0.05, 0) is 44.2 Å². The van der Waals surface area contributed by atoms with Crippen molar-refractivity contribution in [1.82, 2.24) is 14.9 Å². The third kappa shape index (κ3) is 5.53. The molecule has 0 aliphatic rings. The van der Waals surface area contributed by atoms with Crippen molar-refractivity contribution in [2.75, 3.05) is 33.4 Å². The van der Waals surface area contributed by atoms with E-state index < -0.39 is 0 Å². The first-order valence-electron chi connectivity index (χ1n) is 9.85. The molecule has 31 heavy (non-hydrogen) atoms. The topological polar surface area (TPSA) is 104 Å². The average molecular weight is 447 g/mol. The van der Waals surface area contributed by atoms with E-state index in [1.807, 2.05) is 44.2 Å². The standard InChI is InChI=1S/C22H26N4O4.ClH/c1-4-26(5-2)22(27)21-25-19(16-8-11-18(28-3)24-14-16)20(30-21)15-6-9-17(10-7-15)29-13-12-23;/h6-11,14H,4-5,12-13,23H2,1-3H3;1H. The molecular formula is C22H27ClN4O4. The van der Waals surface area contributed by atoms with Crippen molar-refractivity contribution in [3.05, 3.63) is 48.5 Å². The summed E-state index contributed by atoms with van der Waals surface area (Å²) in [6.07, 6.45) is 1.64. The lowest BCUT2D eigenvalue weighted by Gasteiger charge is -2.15. The van der Waals surface area contributed by atoms with E-state index in [2.05, 4.69) is 9.97 Å². The number of hydrogen-bond acceptors (Lipinski definition) is 7. The first kappa shape index (κ1) is 24.2. The zero-order valence-electron chi connectivity index (χ0n) is 17.8. The minimum Gasteiger partial charge on any atom is -0.492 e. The van der Waals surface area contributed by atoms with Gasteiger partial charge < -0.3 is 24.5 Å². The third-order valence-electron chi connectivity index (χ3n) is 4.58. The van der Waals surface area contributed by atoms with E-state index in [1.165, 1.54) is 0 Å². The quantitative estimate of drug-likeness (QED) is 0.534. The second kappa shape index (κ2) is 11.3. The summed E-state index contributed by atoms with van der Waals surface area (Å²) < 4.78 is 16.6. The molecule has 0 saturated heterocycles. The predicted octanol–water partition coefficient (Wildman–Crippen LogP) is 3.65. The number of ether oxygens (including phenoxy) is 2. The SMILES string of the molecule is CCN(CC)C(=O)c1nc(-c2ccc(OC)nc2)c(-c2ccc(OCCN)cc2)o1.Cl. The number of halogens is 1. The van der Waals surface area contributed by atoms with E-state index in [0.29, 0.717) is 49.3 Å². The Balaban J connectivity index is 0.00000341. The van der Waals surface area contributed by atoms with Crippen LogP contribution in [-0.2, 0) is 0 Å². The summed E-state index contributed by atoms with van der Waals surface area (Å²) in [6, 6.07) is 10.9. The van der Waals surface area contributed by atoms with Crippen LogP contribution in [0.1, 0.15) is 24.5 Å². The van der Waals surface area contributed by atoms with Crippen LogP contribution in [0.3, 0.4) is 0 Å². The van der Waals surface area contributed by atoms with Crippen LogP contribution in [0, 0.1) is 0 Å². The summed E-state index contributed by atoms with van der Waals surface area (Å²) in [7, 11) is 1.55. The Bertz CT molecular complexity index is 970. The Labute approximate surface area is 187 Å². The van der Waals surface area contributed by atoms with Gasteiger partial charge in [0, 0.05) is 43.0 Å². The summed E-state index contributed by atoms with van der Waals surface area (Å²) in [6.45, 7) is 5.85. The molecule has 3 aromatic rings. The second-order valence-corrected chi connectivity index (χ2v) is 6.42. The van der Waals surface area contributed by atoms with Crippen LogP contribution >= 0.6 is 12.4 Å². The third-order valence-corrected chi connectivity index (χ3v) is 4.58. The lowest BCUT2D eigenvalue weighted by molar-refractivity contribution is 0.0734. The molecule has 166 valence electrons. The lowest BCUT2D eigenvalue weighted by atomic mass is 10.1. The number of rotatable bonds is 9.